The van der Waals surface area contributed by atoms with Crippen LogP contribution in [0.1, 0.15) is 44.0 Å². The third-order valence-electron chi connectivity index (χ3n) is 3.47. The summed E-state index contributed by atoms with van der Waals surface area (Å²) in [6.45, 7) is 6.39. The van der Waals surface area contributed by atoms with E-state index in [0.717, 1.165) is 18.6 Å². The number of benzene rings is 1. The molecule has 0 atom stereocenters. The van der Waals surface area contributed by atoms with Crippen LogP contribution in [0, 0.1) is 0 Å². The van der Waals surface area contributed by atoms with E-state index in [0.29, 0.717) is 12.2 Å². The predicted molar refractivity (Wildman–Crippen MR) is 80.1 cm³/mol. The zero-order chi connectivity index (χ0) is 15.2. The van der Waals surface area contributed by atoms with Gasteiger partial charge in [0.2, 0.25) is 0 Å². The number of hydrogen-bond acceptors (Lipinski definition) is 3. The van der Waals surface area contributed by atoms with Gasteiger partial charge in [0.05, 0.1) is 18.8 Å². The summed E-state index contributed by atoms with van der Waals surface area (Å²) in [4.78, 5) is 13.9. The Morgan fingerprint density at radius 1 is 1.30 bits per heavy atom. The number of amides is 1. The number of hydrogen-bond donors (Lipinski definition) is 1. The van der Waals surface area contributed by atoms with E-state index in [2.05, 4.69) is 6.92 Å². The molecule has 0 heterocycles. The number of carbonyl (C=O) groups is 1. The number of rotatable bonds is 7. The summed E-state index contributed by atoms with van der Waals surface area (Å²) in [6, 6.07) is 7.13. The molecule has 1 aromatic rings. The molecule has 1 amide bonds. The highest BCUT2D eigenvalue weighted by Gasteiger charge is 2.27. The standard InChI is InChI=1S/C16H25NO3/c1-5-6-11-20-14-9-7-13(8-10-14)15(19)17(4)16(2,3)12-18/h7-10,18H,5-6,11-12H2,1-4H3. The number of carbonyl (C=O) groups excluding carboxylic acids is 1. The lowest BCUT2D eigenvalue weighted by Crippen LogP contribution is -2.47. The monoisotopic (exact) mass is 279 g/mol. The number of aliphatic hydroxyl groups is 1. The Bertz CT molecular complexity index is 426. The molecule has 0 aliphatic carbocycles. The normalized spacial score (nSPS) is 11.2. The van der Waals surface area contributed by atoms with Crippen molar-refractivity contribution in [1.29, 1.82) is 0 Å². The highest BCUT2D eigenvalue weighted by atomic mass is 16.5. The number of ether oxygens (including phenoxy) is 1. The third-order valence-corrected chi connectivity index (χ3v) is 3.47. The first-order valence-electron chi connectivity index (χ1n) is 7.04. The molecule has 0 bridgehead atoms. The highest BCUT2D eigenvalue weighted by molar-refractivity contribution is 5.94. The Morgan fingerprint density at radius 3 is 2.40 bits per heavy atom. The fraction of sp³-hybridized carbons (Fsp3) is 0.562. The van der Waals surface area contributed by atoms with Crippen LogP contribution in [-0.2, 0) is 0 Å². The number of nitrogens with zero attached hydrogens (tertiary/aromatic N) is 1. The SMILES string of the molecule is CCCCOc1ccc(C(=O)N(C)C(C)(C)CO)cc1. The maximum Gasteiger partial charge on any atom is 0.254 e. The summed E-state index contributed by atoms with van der Waals surface area (Å²) in [5, 5.41) is 9.31. The van der Waals surface area contributed by atoms with Crippen LogP contribution in [0.15, 0.2) is 24.3 Å². The maximum absolute atomic E-state index is 12.3. The van der Waals surface area contributed by atoms with Gasteiger partial charge in [-0.25, -0.2) is 0 Å². The lowest BCUT2D eigenvalue weighted by atomic mass is 10.0. The molecule has 0 saturated carbocycles. The molecule has 0 spiro atoms. The minimum absolute atomic E-state index is 0.0759. The Balaban J connectivity index is 2.70. The highest BCUT2D eigenvalue weighted by Crippen LogP contribution is 2.18. The van der Waals surface area contributed by atoms with Gasteiger partial charge in [0.1, 0.15) is 5.75 Å². The quantitative estimate of drug-likeness (QED) is 0.781. The largest absolute Gasteiger partial charge is 0.494 e. The molecule has 1 aromatic carbocycles. The first kappa shape index (κ1) is 16.5. The first-order valence-corrected chi connectivity index (χ1v) is 7.04. The third kappa shape index (κ3) is 4.23. The van der Waals surface area contributed by atoms with Gasteiger partial charge in [-0.05, 0) is 44.5 Å². The van der Waals surface area contributed by atoms with Gasteiger partial charge in [0.15, 0.2) is 0 Å². The number of unbranched alkanes of at least 4 members (excludes halogenated alkanes) is 1. The number of likely N-dealkylation sites (N-methyl/N-ethyl adjacent to an activating group) is 1. The summed E-state index contributed by atoms with van der Waals surface area (Å²) >= 11 is 0. The average molecular weight is 279 g/mol. The van der Waals surface area contributed by atoms with Gasteiger partial charge in [-0.2, -0.15) is 0 Å². The molecule has 4 nitrogen and oxygen atoms in total. The Hall–Kier alpha value is -1.55. The molecule has 0 aromatic heterocycles. The van der Waals surface area contributed by atoms with Crippen LogP contribution < -0.4 is 4.74 Å². The van der Waals surface area contributed by atoms with Crippen molar-refractivity contribution >= 4 is 5.91 Å². The van der Waals surface area contributed by atoms with Gasteiger partial charge in [0, 0.05) is 12.6 Å². The Labute approximate surface area is 121 Å². The van der Waals surface area contributed by atoms with Crippen LogP contribution in [0.4, 0.5) is 0 Å². The molecule has 1 rings (SSSR count). The van der Waals surface area contributed by atoms with Gasteiger partial charge in [0.25, 0.3) is 5.91 Å². The molecule has 0 unspecified atom stereocenters. The van der Waals surface area contributed by atoms with Crippen LogP contribution in [0.5, 0.6) is 5.75 Å². The van der Waals surface area contributed by atoms with Gasteiger partial charge in [-0.1, -0.05) is 13.3 Å². The van der Waals surface area contributed by atoms with Crippen molar-refractivity contribution in [1.82, 2.24) is 4.90 Å². The van der Waals surface area contributed by atoms with E-state index in [-0.39, 0.29) is 12.5 Å². The molecular formula is C16H25NO3. The van der Waals surface area contributed by atoms with Crippen LogP contribution in [0.25, 0.3) is 0 Å². The van der Waals surface area contributed by atoms with Gasteiger partial charge < -0.3 is 14.7 Å². The van der Waals surface area contributed by atoms with Crippen molar-refractivity contribution in [3.63, 3.8) is 0 Å². The second kappa shape index (κ2) is 7.29. The zero-order valence-electron chi connectivity index (χ0n) is 12.8. The molecule has 0 fully saturated rings. The minimum atomic E-state index is -0.576. The molecule has 0 aliphatic rings. The van der Waals surface area contributed by atoms with E-state index in [1.807, 2.05) is 26.0 Å². The molecule has 4 heteroatoms. The van der Waals surface area contributed by atoms with E-state index < -0.39 is 5.54 Å². The second-order valence-corrected chi connectivity index (χ2v) is 5.56. The zero-order valence-corrected chi connectivity index (χ0v) is 12.8. The van der Waals surface area contributed by atoms with E-state index in [1.54, 1.807) is 24.1 Å². The lowest BCUT2D eigenvalue weighted by Gasteiger charge is -2.34. The van der Waals surface area contributed by atoms with Crippen LogP contribution in [0.3, 0.4) is 0 Å². The average Bonchev–Trinajstić information content (AvgIpc) is 2.46. The van der Waals surface area contributed by atoms with Crippen molar-refractivity contribution in [2.24, 2.45) is 0 Å². The summed E-state index contributed by atoms with van der Waals surface area (Å²) in [5.74, 6) is 0.670. The predicted octanol–water partition coefficient (Wildman–Crippen LogP) is 2.71. The Morgan fingerprint density at radius 2 is 1.90 bits per heavy atom. The smallest absolute Gasteiger partial charge is 0.254 e. The van der Waals surface area contributed by atoms with Crippen molar-refractivity contribution < 1.29 is 14.6 Å². The molecular weight excluding hydrogens is 254 g/mol. The van der Waals surface area contributed by atoms with Crippen molar-refractivity contribution in [2.45, 2.75) is 39.2 Å². The van der Waals surface area contributed by atoms with Gasteiger partial charge >= 0.3 is 0 Å². The molecule has 112 valence electrons. The summed E-state index contributed by atoms with van der Waals surface area (Å²) in [7, 11) is 1.70. The Kier molecular flexibility index (Phi) is 6.02. The maximum atomic E-state index is 12.3. The topological polar surface area (TPSA) is 49.8 Å². The van der Waals surface area contributed by atoms with E-state index in [4.69, 9.17) is 4.74 Å². The lowest BCUT2D eigenvalue weighted by molar-refractivity contribution is 0.0473. The minimum Gasteiger partial charge on any atom is -0.494 e. The van der Waals surface area contributed by atoms with E-state index in [9.17, 15) is 9.90 Å². The summed E-state index contributed by atoms with van der Waals surface area (Å²) < 4.78 is 5.57. The first-order chi connectivity index (χ1) is 9.42. The van der Waals surface area contributed by atoms with Crippen LogP contribution in [0.2, 0.25) is 0 Å². The second-order valence-electron chi connectivity index (χ2n) is 5.56. The molecule has 0 radical (unpaired) electrons. The summed E-state index contributed by atoms with van der Waals surface area (Å²) in [6.07, 6.45) is 2.12. The molecule has 0 saturated heterocycles. The van der Waals surface area contributed by atoms with E-state index >= 15 is 0 Å². The fourth-order valence-corrected chi connectivity index (χ4v) is 1.60. The summed E-state index contributed by atoms with van der Waals surface area (Å²) in [5.41, 5.74) is 0.0183. The molecule has 1 N–H and O–H groups in total. The van der Waals surface area contributed by atoms with Gasteiger partial charge in [-0.15, -0.1) is 0 Å². The van der Waals surface area contributed by atoms with Crippen molar-refractivity contribution in [3.05, 3.63) is 29.8 Å². The van der Waals surface area contributed by atoms with E-state index in [1.165, 1.54) is 0 Å². The van der Waals surface area contributed by atoms with Crippen molar-refractivity contribution in [3.8, 4) is 5.75 Å². The van der Waals surface area contributed by atoms with Crippen molar-refractivity contribution in [2.75, 3.05) is 20.3 Å². The van der Waals surface area contributed by atoms with Crippen LogP contribution in [-0.4, -0.2) is 41.7 Å². The fourth-order valence-electron chi connectivity index (χ4n) is 1.60. The number of aliphatic hydroxyl groups excluding tert-OH is 1. The molecule has 20 heavy (non-hydrogen) atoms. The van der Waals surface area contributed by atoms with Crippen LogP contribution >= 0.6 is 0 Å². The molecule has 0 aliphatic heterocycles. The van der Waals surface area contributed by atoms with Gasteiger partial charge in [-0.3, -0.25) is 4.79 Å².